The molecule has 0 amide bonds. The van der Waals surface area contributed by atoms with E-state index in [9.17, 15) is 0 Å². The average molecular weight is 668 g/mol. The summed E-state index contributed by atoms with van der Waals surface area (Å²) in [5, 5.41) is 0. The fourth-order valence-corrected chi connectivity index (χ4v) is 1.36. The molecule has 0 aromatic carbocycles. The van der Waals surface area contributed by atoms with Gasteiger partial charge in [0.15, 0.2) is 0 Å². The van der Waals surface area contributed by atoms with E-state index in [1.807, 2.05) is 0 Å². The smallest absolute Gasteiger partial charge is 0.759 e. The summed E-state index contributed by atoms with van der Waals surface area (Å²) in [6.45, 7) is 6.45. The van der Waals surface area contributed by atoms with Crippen LogP contribution in [0.2, 0.25) is 0 Å². The number of hydrogen-bond acceptors (Lipinski definition) is 14. The molecule has 0 aromatic rings. The molecule has 0 atom stereocenters. The molecule has 0 saturated heterocycles. The van der Waals surface area contributed by atoms with Gasteiger partial charge in [-0.1, -0.05) is 31.0 Å². The van der Waals surface area contributed by atoms with Crippen LogP contribution in [0.15, 0.2) is 0 Å². The van der Waals surface area contributed by atoms with Gasteiger partial charge in [0.05, 0.1) is 0 Å². The maximum atomic E-state index is 8.52. The van der Waals surface area contributed by atoms with Crippen molar-refractivity contribution >= 4 is 60.4 Å². The molecule has 0 aliphatic rings. The van der Waals surface area contributed by atoms with Gasteiger partial charge in [-0.2, -0.15) is 0 Å². The summed E-state index contributed by atoms with van der Waals surface area (Å²) in [5.41, 5.74) is 0. The molecule has 30 heavy (non-hydrogen) atoms. The second-order valence-electron chi connectivity index (χ2n) is 4.18. The van der Waals surface area contributed by atoms with Crippen molar-refractivity contribution in [1.82, 2.24) is 4.90 Å². The zero-order chi connectivity index (χ0) is 22.9. The van der Waals surface area contributed by atoms with Gasteiger partial charge in [0.2, 0.25) is 0 Å². The quantitative estimate of drug-likeness (QED) is 0.105. The third-order valence-corrected chi connectivity index (χ3v) is 2.34. The molecular formula is C9H18CuFe2NO12S5. The first-order valence-corrected chi connectivity index (χ1v) is 11.5. The molecule has 2 radical (unpaired) electrons. The molecule has 0 rings (SSSR count). The van der Waals surface area contributed by atoms with E-state index >= 15 is 0 Å². The minimum absolute atomic E-state index is 0. The molecular weight excluding hydrogens is 650 g/mol. The molecule has 0 aliphatic carbocycles. The Labute approximate surface area is 220 Å². The van der Waals surface area contributed by atoms with E-state index in [1.54, 1.807) is 0 Å². The molecule has 0 unspecified atom stereocenters. The Bertz CT molecular complexity index is 586. The number of rotatable bonds is 6. The largest absolute Gasteiger partial charge is 3.00 e. The summed E-state index contributed by atoms with van der Waals surface area (Å²) >= 11 is 9.97. The van der Waals surface area contributed by atoms with Gasteiger partial charge in [-0.25, -0.2) is 0 Å². The first-order chi connectivity index (χ1) is 11.7. The monoisotopic (exact) mass is 667 g/mol. The molecule has 0 saturated carbocycles. The van der Waals surface area contributed by atoms with Gasteiger partial charge in [-0.3, -0.25) is 25.3 Å². The van der Waals surface area contributed by atoms with Crippen molar-refractivity contribution < 1.29 is 104 Å². The summed E-state index contributed by atoms with van der Waals surface area (Å²) in [7, 11) is -15.5. The standard InChI is InChI=1S/C9H19NS2.Cu.2Fe.3H2O4S/c1-3-5-7-10(9(11)12)8-6-4-2;;;;3*1-5(2,3)4/h3-8H2,1-2H3,(H,11,12);;;;3*(H2,1,2,3,4)/q;+1;2*+3;;;/p-7. The molecule has 0 fully saturated rings. The van der Waals surface area contributed by atoms with Gasteiger partial charge in [0.1, 0.15) is 0 Å². The second kappa shape index (κ2) is 26.5. The van der Waals surface area contributed by atoms with Crippen molar-refractivity contribution in [1.29, 1.82) is 0 Å². The van der Waals surface area contributed by atoms with Crippen molar-refractivity contribution in [3.05, 3.63) is 0 Å². The minimum atomic E-state index is -5.17. The number of nitrogens with zero attached hydrogens (tertiary/aromatic N) is 1. The first kappa shape index (κ1) is 48.6. The predicted molar refractivity (Wildman–Crippen MR) is 92.8 cm³/mol. The van der Waals surface area contributed by atoms with Gasteiger partial charge in [-0.05, 0) is 12.8 Å². The molecule has 0 bridgehead atoms. The van der Waals surface area contributed by atoms with Crippen molar-refractivity contribution in [2.75, 3.05) is 13.1 Å². The zero-order valence-electron chi connectivity index (χ0n) is 15.1. The van der Waals surface area contributed by atoms with Crippen LogP contribution < -0.4 is 0 Å². The average Bonchev–Trinajstić information content (AvgIpc) is 2.32. The summed E-state index contributed by atoms with van der Waals surface area (Å²) in [5.74, 6) is 0. The summed E-state index contributed by atoms with van der Waals surface area (Å²) in [6, 6.07) is 0. The van der Waals surface area contributed by atoms with Gasteiger partial charge < -0.3 is 57.1 Å². The molecule has 0 aliphatic heterocycles. The molecule has 21 heteroatoms. The van der Waals surface area contributed by atoms with Crippen LogP contribution in [0.1, 0.15) is 39.5 Å². The Morgan fingerprint density at radius 2 is 0.900 bits per heavy atom. The van der Waals surface area contributed by atoms with Crippen LogP contribution in [-0.4, -0.2) is 74.9 Å². The maximum absolute atomic E-state index is 8.52. The fourth-order valence-electron chi connectivity index (χ4n) is 0.992. The summed E-state index contributed by atoms with van der Waals surface area (Å²) in [6.07, 6.45) is 4.81. The van der Waals surface area contributed by atoms with E-state index in [2.05, 4.69) is 18.7 Å². The summed E-state index contributed by atoms with van der Waals surface area (Å²) in [4.78, 5) is 2.14. The SMILES string of the molecule is CCCCN(CCCC)C(=S)[S-].O=S(=O)([O-])[O-].O=S(=O)([O-])[O-].O=S(=O)([O-])[O-].[Cu+].[Fe+3].[Fe+3]. The van der Waals surface area contributed by atoms with Crippen LogP contribution in [-0.2, 0) is 95.0 Å². The topological polar surface area (TPSA) is 244 Å². The fraction of sp³-hybridized carbons (Fsp3) is 0.889. The molecule has 0 aromatic heterocycles. The minimum Gasteiger partial charge on any atom is -0.759 e. The molecule has 188 valence electrons. The van der Waals surface area contributed by atoms with Crippen LogP contribution in [0.5, 0.6) is 0 Å². The predicted octanol–water partition coefficient (Wildman–Crippen LogP) is -1.30. The Balaban J connectivity index is -0.0000000502. The van der Waals surface area contributed by atoms with Crippen molar-refractivity contribution in [3.8, 4) is 0 Å². The van der Waals surface area contributed by atoms with Gasteiger partial charge in [0, 0.05) is 44.3 Å². The van der Waals surface area contributed by atoms with Gasteiger partial charge >= 0.3 is 51.2 Å². The van der Waals surface area contributed by atoms with Gasteiger partial charge in [-0.15, -0.1) is 0 Å². The number of thiocarbonyl (C=S) groups is 1. The Morgan fingerprint density at radius 1 is 0.733 bits per heavy atom. The molecule has 0 heterocycles. The third-order valence-electron chi connectivity index (χ3n) is 1.82. The Hall–Kier alpha value is 1.28. The molecule has 0 spiro atoms. The number of unbranched alkanes of at least 4 members (excludes halogenated alkanes) is 2. The zero-order valence-corrected chi connectivity index (χ0v) is 22.4. The van der Waals surface area contributed by atoms with E-state index in [-0.39, 0.29) is 51.2 Å². The van der Waals surface area contributed by atoms with Crippen LogP contribution in [0.4, 0.5) is 0 Å². The third kappa shape index (κ3) is 133. The van der Waals surface area contributed by atoms with Crippen LogP contribution >= 0.6 is 12.2 Å². The Morgan fingerprint density at radius 3 is 1.00 bits per heavy atom. The number of hydrogen-bond donors (Lipinski definition) is 0. The molecule has 0 N–H and O–H groups in total. The van der Waals surface area contributed by atoms with E-state index < -0.39 is 31.2 Å². The second-order valence-corrected chi connectivity index (χ2v) is 7.67. The van der Waals surface area contributed by atoms with Gasteiger partial charge in [0.25, 0.3) is 0 Å². The van der Waals surface area contributed by atoms with E-state index in [0.29, 0.717) is 4.32 Å². The van der Waals surface area contributed by atoms with E-state index in [1.165, 1.54) is 25.7 Å². The van der Waals surface area contributed by atoms with E-state index in [0.717, 1.165) is 13.1 Å². The first-order valence-electron chi connectivity index (χ1n) is 6.68. The maximum Gasteiger partial charge on any atom is 3.00 e. The normalized spacial score (nSPS) is 9.73. The van der Waals surface area contributed by atoms with Crippen LogP contribution in [0.25, 0.3) is 0 Å². The van der Waals surface area contributed by atoms with E-state index in [4.69, 9.17) is 77.4 Å². The van der Waals surface area contributed by atoms with Crippen LogP contribution in [0.3, 0.4) is 0 Å². The molecule has 13 nitrogen and oxygen atoms in total. The Kier molecular flexibility index (Phi) is 43.0. The summed E-state index contributed by atoms with van der Waals surface area (Å²) < 4.78 is 103. The van der Waals surface area contributed by atoms with Crippen LogP contribution in [0, 0.1) is 0 Å². The van der Waals surface area contributed by atoms with Crippen molar-refractivity contribution in [2.45, 2.75) is 39.5 Å². The van der Waals surface area contributed by atoms with Crippen molar-refractivity contribution in [3.63, 3.8) is 0 Å². The van der Waals surface area contributed by atoms with Crippen molar-refractivity contribution in [2.24, 2.45) is 0 Å².